The summed E-state index contributed by atoms with van der Waals surface area (Å²) in [5.41, 5.74) is 0. The van der Waals surface area contributed by atoms with Gasteiger partial charge < -0.3 is 9.80 Å². The van der Waals surface area contributed by atoms with E-state index in [0.29, 0.717) is 19.4 Å². The Morgan fingerprint density at radius 3 is 2.61 bits per heavy atom. The first-order valence-corrected chi connectivity index (χ1v) is 6.45. The van der Waals surface area contributed by atoms with E-state index in [1.807, 2.05) is 0 Å². The molecule has 2 rings (SSSR count). The molecule has 0 aromatic heterocycles. The molecule has 0 saturated carbocycles. The van der Waals surface area contributed by atoms with Crippen molar-refractivity contribution < 1.29 is 18.4 Å². The van der Waals surface area contributed by atoms with Crippen LogP contribution in [0.2, 0.25) is 0 Å². The molecule has 2 unspecified atom stereocenters. The van der Waals surface area contributed by atoms with Crippen LogP contribution in [0.3, 0.4) is 0 Å². The first kappa shape index (κ1) is 13.2. The van der Waals surface area contributed by atoms with Crippen LogP contribution in [0.15, 0.2) is 0 Å². The van der Waals surface area contributed by atoms with Crippen molar-refractivity contribution in [2.24, 2.45) is 0 Å². The van der Waals surface area contributed by atoms with Crippen LogP contribution in [0.4, 0.5) is 8.78 Å². The maximum Gasteiger partial charge on any atom is 0.255 e. The molecule has 0 aromatic carbocycles. The molecule has 4 nitrogen and oxygen atoms in total. The second-order valence-electron chi connectivity index (χ2n) is 4.85. The Morgan fingerprint density at radius 2 is 2.00 bits per heavy atom. The van der Waals surface area contributed by atoms with Crippen molar-refractivity contribution >= 4 is 11.8 Å². The lowest BCUT2D eigenvalue weighted by molar-refractivity contribution is -0.165. The summed E-state index contributed by atoms with van der Waals surface area (Å²) in [5, 5.41) is 0. The van der Waals surface area contributed by atoms with Crippen LogP contribution >= 0.6 is 0 Å². The van der Waals surface area contributed by atoms with Gasteiger partial charge in [0.15, 0.2) is 0 Å². The minimum atomic E-state index is -2.59. The Kier molecular flexibility index (Phi) is 3.82. The van der Waals surface area contributed by atoms with E-state index in [1.54, 1.807) is 11.8 Å². The van der Waals surface area contributed by atoms with E-state index >= 15 is 0 Å². The lowest BCUT2D eigenvalue weighted by Crippen LogP contribution is -2.66. The van der Waals surface area contributed by atoms with Crippen molar-refractivity contribution in [3.63, 3.8) is 0 Å². The number of fused-ring (bicyclic) bond motifs is 1. The van der Waals surface area contributed by atoms with Gasteiger partial charge in [-0.05, 0) is 25.7 Å². The molecular weight excluding hydrogens is 242 g/mol. The number of rotatable bonds is 3. The lowest BCUT2D eigenvalue weighted by Gasteiger charge is -2.46. The fraction of sp³-hybridized carbons (Fsp3) is 0.833. The molecule has 2 saturated heterocycles. The Morgan fingerprint density at radius 1 is 1.28 bits per heavy atom. The molecule has 102 valence electrons. The topological polar surface area (TPSA) is 40.6 Å². The quantitative estimate of drug-likeness (QED) is 0.766. The predicted octanol–water partition coefficient (Wildman–Crippen LogP) is 1.25. The smallest absolute Gasteiger partial charge is 0.255 e. The Balaban J connectivity index is 2.23. The van der Waals surface area contributed by atoms with Gasteiger partial charge in [-0.2, -0.15) is 0 Å². The third-order valence-electron chi connectivity index (χ3n) is 3.74. The van der Waals surface area contributed by atoms with Crippen LogP contribution in [-0.4, -0.2) is 53.2 Å². The summed E-state index contributed by atoms with van der Waals surface area (Å²) in [5.74, 6) is -0.469. The van der Waals surface area contributed by atoms with Crippen molar-refractivity contribution in [2.45, 2.75) is 51.1 Å². The maximum absolute atomic E-state index is 12.5. The SMILES string of the molecule is CCC1C(=O)N2CCCCC2C(=O)N1CC(F)F. The summed E-state index contributed by atoms with van der Waals surface area (Å²) in [4.78, 5) is 27.1. The summed E-state index contributed by atoms with van der Waals surface area (Å²) < 4.78 is 25.1. The summed E-state index contributed by atoms with van der Waals surface area (Å²) in [7, 11) is 0. The molecule has 6 heteroatoms. The van der Waals surface area contributed by atoms with Gasteiger partial charge in [-0.3, -0.25) is 9.59 Å². The number of piperidine rings is 1. The summed E-state index contributed by atoms with van der Waals surface area (Å²) >= 11 is 0. The molecule has 18 heavy (non-hydrogen) atoms. The van der Waals surface area contributed by atoms with Gasteiger partial charge in [0.05, 0.1) is 6.54 Å². The fourth-order valence-electron chi connectivity index (χ4n) is 2.88. The highest BCUT2D eigenvalue weighted by Crippen LogP contribution is 2.27. The molecule has 2 heterocycles. The van der Waals surface area contributed by atoms with Crippen LogP contribution in [0.5, 0.6) is 0 Å². The summed E-state index contributed by atoms with van der Waals surface area (Å²) in [6.45, 7) is 1.69. The van der Waals surface area contributed by atoms with Gasteiger partial charge in [0.1, 0.15) is 12.1 Å². The standard InChI is InChI=1S/C12H18F2N2O2/c1-2-8-11(17)15-6-4-3-5-9(15)12(18)16(8)7-10(13)14/h8-10H,2-7H2,1H3. The molecule has 0 aromatic rings. The number of alkyl halides is 2. The van der Waals surface area contributed by atoms with E-state index in [0.717, 1.165) is 17.7 Å². The van der Waals surface area contributed by atoms with Gasteiger partial charge in [-0.1, -0.05) is 6.92 Å². The third kappa shape index (κ3) is 2.20. The Labute approximate surface area is 105 Å². The van der Waals surface area contributed by atoms with Crippen LogP contribution in [-0.2, 0) is 9.59 Å². The molecule has 2 fully saturated rings. The van der Waals surface area contributed by atoms with E-state index in [2.05, 4.69) is 0 Å². The lowest BCUT2D eigenvalue weighted by atomic mass is 9.94. The van der Waals surface area contributed by atoms with Crippen LogP contribution in [0.25, 0.3) is 0 Å². The predicted molar refractivity (Wildman–Crippen MR) is 61.1 cm³/mol. The van der Waals surface area contributed by atoms with Gasteiger partial charge in [-0.15, -0.1) is 0 Å². The second kappa shape index (κ2) is 5.20. The molecular formula is C12H18F2N2O2. The van der Waals surface area contributed by atoms with Gasteiger partial charge in [0.2, 0.25) is 11.8 Å². The number of carbonyl (C=O) groups is 2. The highest BCUT2D eigenvalue weighted by molar-refractivity contribution is 5.97. The van der Waals surface area contributed by atoms with Crippen molar-refractivity contribution in [2.75, 3.05) is 13.1 Å². The van der Waals surface area contributed by atoms with Gasteiger partial charge in [0, 0.05) is 6.54 Å². The van der Waals surface area contributed by atoms with E-state index in [1.165, 1.54) is 0 Å². The van der Waals surface area contributed by atoms with Gasteiger partial charge >= 0.3 is 0 Å². The minimum Gasteiger partial charge on any atom is -0.329 e. The zero-order valence-electron chi connectivity index (χ0n) is 10.4. The molecule has 0 aliphatic carbocycles. The van der Waals surface area contributed by atoms with Crippen molar-refractivity contribution in [1.29, 1.82) is 0 Å². The molecule has 0 radical (unpaired) electrons. The number of piperazine rings is 1. The highest BCUT2D eigenvalue weighted by Gasteiger charge is 2.46. The van der Waals surface area contributed by atoms with Crippen LogP contribution in [0, 0.1) is 0 Å². The average Bonchev–Trinajstić information content (AvgIpc) is 2.36. The van der Waals surface area contributed by atoms with E-state index in [-0.39, 0.29) is 11.8 Å². The van der Waals surface area contributed by atoms with Crippen LogP contribution in [0.1, 0.15) is 32.6 Å². The largest absolute Gasteiger partial charge is 0.329 e. The number of carbonyl (C=O) groups excluding carboxylic acids is 2. The maximum atomic E-state index is 12.5. The number of hydrogen-bond donors (Lipinski definition) is 0. The molecule has 0 bridgehead atoms. The normalized spacial score (nSPS) is 28.9. The molecule has 2 amide bonds. The van der Waals surface area contributed by atoms with Crippen molar-refractivity contribution in [3.05, 3.63) is 0 Å². The number of nitrogens with zero attached hydrogens (tertiary/aromatic N) is 2. The number of halogens is 2. The van der Waals surface area contributed by atoms with E-state index < -0.39 is 25.1 Å². The molecule has 2 aliphatic heterocycles. The van der Waals surface area contributed by atoms with Gasteiger partial charge in [-0.25, -0.2) is 8.78 Å². The third-order valence-corrected chi connectivity index (χ3v) is 3.74. The zero-order chi connectivity index (χ0) is 13.3. The monoisotopic (exact) mass is 260 g/mol. The number of amides is 2. The van der Waals surface area contributed by atoms with E-state index in [9.17, 15) is 18.4 Å². The molecule has 2 aliphatic rings. The zero-order valence-corrected chi connectivity index (χ0v) is 10.4. The van der Waals surface area contributed by atoms with Crippen LogP contribution < -0.4 is 0 Å². The Hall–Kier alpha value is -1.20. The number of hydrogen-bond acceptors (Lipinski definition) is 2. The van der Waals surface area contributed by atoms with Crippen molar-refractivity contribution in [1.82, 2.24) is 9.80 Å². The first-order chi connectivity index (χ1) is 8.56. The second-order valence-corrected chi connectivity index (χ2v) is 4.85. The fourth-order valence-corrected chi connectivity index (χ4v) is 2.88. The Bertz CT molecular complexity index is 349. The summed E-state index contributed by atoms with van der Waals surface area (Å²) in [6.07, 6.45) is 0.160. The van der Waals surface area contributed by atoms with E-state index in [4.69, 9.17) is 0 Å². The summed E-state index contributed by atoms with van der Waals surface area (Å²) in [6, 6.07) is -1.21. The highest BCUT2D eigenvalue weighted by atomic mass is 19.3. The van der Waals surface area contributed by atoms with Crippen molar-refractivity contribution in [3.8, 4) is 0 Å². The van der Waals surface area contributed by atoms with Gasteiger partial charge in [0.25, 0.3) is 6.43 Å². The average molecular weight is 260 g/mol. The minimum absolute atomic E-state index is 0.164. The molecule has 0 N–H and O–H groups in total. The first-order valence-electron chi connectivity index (χ1n) is 6.45. The molecule has 2 atom stereocenters. The molecule has 0 spiro atoms.